The number of methoxy groups -OCH3 is 2. The predicted molar refractivity (Wildman–Crippen MR) is 150 cm³/mol. The minimum atomic E-state index is -0.111. The molecular formula is C27H24BrClN2O4S. The number of carbonyl (C=O) groups excluding carboxylic acids is 1. The van der Waals surface area contributed by atoms with Crippen LogP contribution in [0.5, 0.6) is 17.2 Å². The van der Waals surface area contributed by atoms with Crippen molar-refractivity contribution in [3.8, 4) is 17.2 Å². The summed E-state index contributed by atoms with van der Waals surface area (Å²) in [7, 11) is 3.17. The Hall–Kier alpha value is -2.94. The summed E-state index contributed by atoms with van der Waals surface area (Å²) in [6.07, 6.45) is 1.79. The highest BCUT2D eigenvalue weighted by molar-refractivity contribution is 9.10. The molecule has 1 fully saturated rings. The van der Waals surface area contributed by atoms with Crippen LogP contribution >= 0.6 is 39.3 Å². The second-order valence-corrected chi connectivity index (χ2v) is 10.0. The van der Waals surface area contributed by atoms with Crippen molar-refractivity contribution in [3.63, 3.8) is 0 Å². The molecule has 36 heavy (non-hydrogen) atoms. The van der Waals surface area contributed by atoms with Gasteiger partial charge in [-0.15, -0.1) is 0 Å². The average molecular weight is 588 g/mol. The first kappa shape index (κ1) is 26.1. The van der Waals surface area contributed by atoms with Crippen molar-refractivity contribution in [2.24, 2.45) is 4.99 Å². The monoisotopic (exact) mass is 586 g/mol. The summed E-state index contributed by atoms with van der Waals surface area (Å²) in [5.74, 6) is 1.57. The first-order valence-electron chi connectivity index (χ1n) is 11.1. The van der Waals surface area contributed by atoms with E-state index in [1.807, 2.05) is 55.5 Å². The highest BCUT2D eigenvalue weighted by Gasteiger charge is 2.32. The van der Waals surface area contributed by atoms with Crippen molar-refractivity contribution in [3.05, 3.63) is 86.2 Å². The number of nitrogens with zero attached hydrogens (tertiary/aromatic N) is 2. The Morgan fingerprint density at radius 2 is 1.78 bits per heavy atom. The molecule has 9 heteroatoms. The summed E-state index contributed by atoms with van der Waals surface area (Å²) in [6, 6.07) is 18.8. The second-order valence-electron chi connectivity index (χ2n) is 7.70. The smallest absolute Gasteiger partial charge is 0.266 e. The minimum Gasteiger partial charge on any atom is -0.497 e. The van der Waals surface area contributed by atoms with E-state index >= 15 is 0 Å². The molecule has 0 spiro atoms. The Balaban J connectivity index is 1.57. The van der Waals surface area contributed by atoms with Crippen molar-refractivity contribution in [2.45, 2.75) is 13.5 Å². The lowest BCUT2D eigenvalue weighted by atomic mass is 10.1. The summed E-state index contributed by atoms with van der Waals surface area (Å²) in [6.45, 7) is 2.77. The van der Waals surface area contributed by atoms with E-state index < -0.39 is 0 Å². The topological polar surface area (TPSA) is 60.4 Å². The predicted octanol–water partition coefficient (Wildman–Crippen LogP) is 7.32. The molecule has 0 aromatic heterocycles. The van der Waals surface area contributed by atoms with Gasteiger partial charge in [-0.3, -0.25) is 9.69 Å². The standard InChI is InChI=1S/C27H24BrClN2O4S/c1-4-31-26(32)24(36-27(31)30-20-9-11-21(33-2)12-10-20)15-18-13-22(29)25(23(14-18)34-3)35-16-17-5-7-19(28)8-6-17/h5-15H,4,16H2,1-3H3/b24-15+,30-27?. The first-order chi connectivity index (χ1) is 17.4. The molecule has 4 rings (SSSR count). The van der Waals surface area contributed by atoms with E-state index in [4.69, 9.17) is 25.8 Å². The van der Waals surface area contributed by atoms with Crippen molar-refractivity contribution >= 4 is 62.1 Å². The van der Waals surface area contributed by atoms with Crippen molar-refractivity contribution in [1.82, 2.24) is 4.90 Å². The molecule has 0 bridgehead atoms. The Morgan fingerprint density at radius 1 is 1.06 bits per heavy atom. The molecule has 3 aromatic rings. The zero-order valence-corrected chi connectivity index (χ0v) is 23.1. The van der Waals surface area contributed by atoms with Crippen LogP contribution in [-0.2, 0) is 11.4 Å². The van der Waals surface area contributed by atoms with Gasteiger partial charge in [0.2, 0.25) is 0 Å². The van der Waals surface area contributed by atoms with Gasteiger partial charge in [0.1, 0.15) is 12.4 Å². The molecule has 186 valence electrons. The average Bonchev–Trinajstić information content (AvgIpc) is 3.17. The molecule has 0 N–H and O–H groups in total. The van der Waals surface area contributed by atoms with E-state index in [1.54, 1.807) is 37.3 Å². The van der Waals surface area contributed by atoms with Gasteiger partial charge in [-0.2, -0.15) is 0 Å². The number of thioether (sulfide) groups is 1. The fraction of sp³-hybridized carbons (Fsp3) is 0.185. The maximum Gasteiger partial charge on any atom is 0.266 e. The number of benzene rings is 3. The third kappa shape index (κ3) is 6.06. The van der Waals surface area contributed by atoms with Crippen molar-refractivity contribution in [1.29, 1.82) is 0 Å². The lowest BCUT2D eigenvalue weighted by Gasteiger charge is -2.14. The van der Waals surface area contributed by atoms with E-state index in [9.17, 15) is 4.79 Å². The molecule has 1 heterocycles. The Morgan fingerprint density at radius 3 is 2.42 bits per heavy atom. The highest BCUT2D eigenvalue weighted by atomic mass is 79.9. The van der Waals surface area contributed by atoms with Crippen LogP contribution in [0.1, 0.15) is 18.1 Å². The number of ether oxygens (including phenoxy) is 3. The molecule has 3 aromatic carbocycles. The number of hydrogen-bond donors (Lipinski definition) is 0. The van der Waals surface area contributed by atoms with Gasteiger partial charge in [0.25, 0.3) is 5.91 Å². The van der Waals surface area contributed by atoms with Crippen LogP contribution in [0, 0.1) is 0 Å². The van der Waals surface area contributed by atoms with Crippen LogP contribution < -0.4 is 14.2 Å². The normalized spacial score (nSPS) is 15.6. The van der Waals surface area contributed by atoms with Crippen LogP contribution in [0.2, 0.25) is 5.02 Å². The first-order valence-corrected chi connectivity index (χ1v) is 13.1. The zero-order valence-electron chi connectivity index (χ0n) is 20.0. The fourth-order valence-electron chi connectivity index (χ4n) is 3.49. The molecule has 0 atom stereocenters. The number of aliphatic imine (C=N–C) groups is 1. The summed E-state index contributed by atoms with van der Waals surface area (Å²) in [4.78, 5) is 19.9. The number of halogens is 2. The quantitative estimate of drug-likeness (QED) is 0.258. The lowest BCUT2D eigenvalue weighted by molar-refractivity contribution is -0.122. The molecule has 1 amide bonds. The molecule has 1 aliphatic rings. The number of amides is 1. The summed E-state index contributed by atoms with van der Waals surface area (Å²) >= 11 is 11.3. The highest BCUT2D eigenvalue weighted by Crippen LogP contribution is 2.40. The summed E-state index contributed by atoms with van der Waals surface area (Å²) in [5.41, 5.74) is 2.46. The molecule has 1 aliphatic heterocycles. The largest absolute Gasteiger partial charge is 0.497 e. The van der Waals surface area contributed by atoms with Gasteiger partial charge in [0.05, 0.1) is 29.8 Å². The van der Waals surface area contributed by atoms with Crippen LogP contribution in [0.3, 0.4) is 0 Å². The molecule has 6 nitrogen and oxygen atoms in total. The molecule has 1 saturated heterocycles. The van der Waals surface area contributed by atoms with Crippen molar-refractivity contribution < 1.29 is 19.0 Å². The Labute approximate surface area is 228 Å². The zero-order chi connectivity index (χ0) is 25.7. The SMILES string of the molecule is CCN1C(=O)/C(=C\c2cc(Cl)c(OCc3ccc(Br)cc3)c(OC)c2)SC1=Nc1ccc(OC)cc1. The van der Waals surface area contributed by atoms with Gasteiger partial charge in [0, 0.05) is 11.0 Å². The number of likely N-dealkylation sites (N-methyl/N-ethyl adjacent to an activating group) is 1. The summed E-state index contributed by atoms with van der Waals surface area (Å²) in [5, 5.41) is 1.01. The maximum atomic E-state index is 13.1. The maximum absolute atomic E-state index is 13.1. The van der Waals surface area contributed by atoms with Crippen molar-refractivity contribution in [2.75, 3.05) is 20.8 Å². The number of hydrogen-bond acceptors (Lipinski definition) is 6. The van der Waals surface area contributed by atoms with Gasteiger partial charge in [-0.25, -0.2) is 4.99 Å². The van der Waals surface area contributed by atoms with Gasteiger partial charge in [-0.05, 0) is 84.4 Å². The van der Waals surface area contributed by atoms with E-state index in [1.165, 1.54) is 11.8 Å². The van der Waals surface area contributed by atoms with Gasteiger partial charge < -0.3 is 14.2 Å². The van der Waals surface area contributed by atoms with Crippen LogP contribution in [-0.4, -0.2) is 36.7 Å². The lowest BCUT2D eigenvalue weighted by Crippen LogP contribution is -2.28. The minimum absolute atomic E-state index is 0.111. The van der Waals surface area contributed by atoms with E-state index in [0.29, 0.717) is 39.7 Å². The second kappa shape index (κ2) is 11.9. The van der Waals surface area contributed by atoms with Crippen LogP contribution in [0.25, 0.3) is 6.08 Å². The fourth-order valence-corrected chi connectivity index (χ4v) is 5.09. The van der Waals surface area contributed by atoms with Crippen LogP contribution in [0.15, 0.2) is 75.0 Å². The van der Waals surface area contributed by atoms with E-state index in [0.717, 1.165) is 27.0 Å². The molecule has 0 radical (unpaired) electrons. The van der Waals surface area contributed by atoms with Gasteiger partial charge in [-0.1, -0.05) is 39.7 Å². The molecule has 0 aliphatic carbocycles. The van der Waals surface area contributed by atoms with E-state index in [-0.39, 0.29) is 5.91 Å². The third-order valence-electron chi connectivity index (χ3n) is 5.35. The van der Waals surface area contributed by atoms with E-state index in [2.05, 4.69) is 20.9 Å². The van der Waals surface area contributed by atoms with Gasteiger partial charge in [0.15, 0.2) is 16.7 Å². The number of amidine groups is 1. The summed E-state index contributed by atoms with van der Waals surface area (Å²) < 4.78 is 17.7. The number of carbonyl (C=O) groups is 1. The van der Waals surface area contributed by atoms with Gasteiger partial charge >= 0.3 is 0 Å². The molecule has 0 unspecified atom stereocenters. The Bertz CT molecular complexity index is 1310. The third-order valence-corrected chi connectivity index (χ3v) is 7.16. The number of rotatable bonds is 8. The molecular weight excluding hydrogens is 564 g/mol. The Kier molecular flexibility index (Phi) is 8.61. The van der Waals surface area contributed by atoms with Crippen LogP contribution in [0.4, 0.5) is 5.69 Å². The molecule has 0 saturated carbocycles.